The van der Waals surface area contributed by atoms with Crippen molar-refractivity contribution >= 4 is 11.9 Å². The Bertz CT molecular complexity index is 407. The lowest BCUT2D eigenvalue weighted by Gasteiger charge is -2.33. The van der Waals surface area contributed by atoms with Crippen LogP contribution in [0.1, 0.15) is 39.5 Å². The lowest BCUT2D eigenvalue weighted by Crippen LogP contribution is -2.41. The minimum Gasteiger partial charge on any atom is -0.481 e. The number of hydrogen-bond acceptors (Lipinski definition) is 2. The second-order valence-corrected chi connectivity index (χ2v) is 7.03. The predicted molar refractivity (Wildman–Crippen MR) is 65.9 cm³/mol. The van der Waals surface area contributed by atoms with E-state index in [0.29, 0.717) is 5.91 Å². The van der Waals surface area contributed by atoms with E-state index in [1.165, 1.54) is 0 Å². The maximum atomic E-state index is 12.2. The zero-order valence-electron chi connectivity index (χ0n) is 11.1. The van der Waals surface area contributed by atoms with Gasteiger partial charge in [0.05, 0.1) is 5.92 Å². The van der Waals surface area contributed by atoms with Gasteiger partial charge in [-0.1, -0.05) is 13.8 Å². The highest BCUT2D eigenvalue weighted by Gasteiger charge is 2.60. The third-order valence-corrected chi connectivity index (χ3v) is 5.37. The summed E-state index contributed by atoms with van der Waals surface area (Å²) in [5.41, 5.74) is 0.219. The smallest absolute Gasteiger partial charge is 0.307 e. The van der Waals surface area contributed by atoms with Crippen LogP contribution in [0.25, 0.3) is 0 Å². The number of nitrogens with zero attached hydrogens (tertiary/aromatic N) is 1. The summed E-state index contributed by atoms with van der Waals surface area (Å²) in [5, 5.41) is 9.03. The highest BCUT2D eigenvalue weighted by molar-refractivity contribution is 5.82. The summed E-state index contributed by atoms with van der Waals surface area (Å²) in [4.78, 5) is 25.2. The Labute approximate surface area is 107 Å². The Balaban J connectivity index is 1.55. The summed E-state index contributed by atoms with van der Waals surface area (Å²) >= 11 is 0. The van der Waals surface area contributed by atoms with Crippen LogP contribution in [0.15, 0.2) is 0 Å². The molecule has 1 amide bonds. The van der Waals surface area contributed by atoms with Crippen LogP contribution in [0, 0.1) is 22.7 Å². The van der Waals surface area contributed by atoms with Crippen LogP contribution in [-0.2, 0) is 9.59 Å². The van der Waals surface area contributed by atoms with Gasteiger partial charge in [-0.15, -0.1) is 0 Å². The van der Waals surface area contributed by atoms with E-state index in [9.17, 15) is 9.59 Å². The summed E-state index contributed by atoms with van der Waals surface area (Å²) in [6.45, 7) is 5.80. The molecule has 4 nitrogen and oxygen atoms in total. The standard InChI is InChI=1S/C14H21NO3/c1-13(2)7-9(13)11(16)15-5-3-14(4-6-15)8-10(14)12(17)18/h9-10H,3-8H2,1-2H3,(H,17,18). The van der Waals surface area contributed by atoms with Gasteiger partial charge in [-0.3, -0.25) is 9.59 Å². The minimum absolute atomic E-state index is 0.0294. The quantitative estimate of drug-likeness (QED) is 0.813. The van der Waals surface area contributed by atoms with Crippen molar-refractivity contribution in [3.63, 3.8) is 0 Å². The average Bonchev–Trinajstić information content (AvgIpc) is 3.16. The Hall–Kier alpha value is -1.06. The highest BCUT2D eigenvalue weighted by atomic mass is 16.4. The largest absolute Gasteiger partial charge is 0.481 e. The lowest BCUT2D eigenvalue weighted by atomic mass is 9.90. The number of hydrogen-bond donors (Lipinski definition) is 1. The third kappa shape index (κ3) is 1.73. The van der Waals surface area contributed by atoms with E-state index in [4.69, 9.17) is 5.11 Å². The van der Waals surface area contributed by atoms with E-state index in [-0.39, 0.29) is 22.7 Å². The van der Waals surface area contributed by atoms with E-state index in [0.717, 1.165) is 38.8 Å². The number of rotatable bonds is 2. The summed E-state index contributed by atoms with van der Waals surface area (Å²) in [7, 11) is 0. The molecule has 1 heterocycles. The van der Waals surface area contributed by atoms with Crippen LogP contribution < -0.4 is 0 Å². The summed E-state index contributed by atoms with van der Waals surface area (Å²) in [6.07, 6.45) is 3.58. The molecule has 3 aliphatic rings. The van der Waals surface area contributed by atoms with Gasteiger partial charge in [0.15, 0.2) is 0 Å². The van der Waals surface area contributed by atoms with Gasteiger partial charge in [0.1, 0.15) is 0 Å². The van der Waals surface area contributed by atoms with Crippen molar-refractivity contribution in [3.8, 4) is 0 Å². The van der Waals surface area contributed by atoms with Crippen molar-refractivity contribution in [2.24, 2.45) is 22.7 Å². The van der Waals surface area contributed by atoms with Crippen LogP contribution in [0.4, 0.5) is 0 Å². The topological polar surface area (TPSA) is 57.6 Å². The van der Waals surface area contributed by atoms with Crippen molar-refractivity contribution in [2.45, 2.75) is 39.5 Å². The molecule has 1 saturated heterocycles. The van der Waals surface area contributed by atoms with Gasteiger partial charge in [-0.25, -0.2) is 0 Å². The molecule has 3 rings (SSSR count). The van der Waals surface area contributed by atoms with Gasteiger partial charge in [0.25, 0.3) is 0 Å². The van der Waals surface area contributed by atoms with Crippen LogP contribution in [0.5, 0.6) is 0 Å². The number of carboxylic acid groups (broad SMARTS) is 1. The zero-order chi connectivity index (χ0) is 13.1. The van der Waals surface area contributed by atoms with Crippen molar-refractivity contribution < 1.29 is 14.7 Å². The van der Waals surface area contributed by atoms with Crippen LogP contribution in [0.2, 0.25) is 0 Å². The fourth-order valence-corrected chi connectivity index (χ4v) is 3.53. The van der Waals surface area contributed by atoms with Gasteiger partial charge in [0, 0.05) is 19.0 Å². The zero-order valence-corrected chi connectivity index (χ0v) is 11.1. The van der Waals surface area contributed by atoms with E-state index < -0.39 is 5.97 Å². The molecule has 2 unspecified atom stereocenters. The first-order valence-corrected chi connectivity index (χ1v) is 6.87. The molecule has 0 bridgehead atoms. The number of carbonyl (C=O) groups excluding carboxylic acids is 1. The van der Waals surface area contributed by atoms with E-state index in [2.05, 4.69) is 13.8 Å². The number of aliphatic carboxylic acids is 1. The second-order valence-electron chi connectivity index (χ2n) is 7.03. The molecule has 0 radical (unpaired) electrons. The normalized spacial score (nSPS) is 35.3. The minimum atomic E-state index is -0.655. The molecule has 0 aromatic heterocycles. The van der Waals surface area contributed by atoms with Crippen molar-refractivity contribution in [3.05, 3.63) is 0 Å². The molecular weight excluding hydrogens is 230 g/mol. The van der Waals surface area contributed by atoms with Gasteiger partial charge in [-0.2, -0.15) is 0 Å². The number of piperidine rings is 1. The molecule has 0 aromatic rings. The van der Waals surface area contributed by atoms with Gasteiger partial charge in [-0.05, 0) is 36.5 Å². The molecule has 100 valence electrons. The molecule has 2 aliphatic carbocycles. The molecule has 1 N–H and O–H groups in total. The summed E-state index contributed by atoms with van der Waals surface area (Å²) in [5.74, 6) is -0.298. The SMILES string of the molecule is CC1(C)CC1C(=O)N1CCC2(CC1)CC2C(=O)O. The van der Waals surface area contributed by atoms with Gasteiger partial charge < -0.3 is 10.0 Å². The lowest BCUT2D eigenvalue weighted by molar-refractivity contribution is -0.140. The van der Waals surface area contributed by atoms with Crippen LogP contribution in [0.3, 0.4) is 0 Å². The highest BCUT2D eigenvalue weighted by Crippen LogP contribution is 2.60. The van der Waals surface area contributed by atoms with Crippen molar-refractivity contribution in [1.29, 1.82) is 0 Å². The Kier molecular flexibility index (Phi) is 2.32. The molecule has 1 aliphatic heterocycles. The number of amides is 1. The number of carbonyl (C=O) groups is 2. The maximum absolute atomic E-state index is 12.2. The summed E-state index contributed by atoms with van der Waals surface area (Å²) < 4.78 is 0. The van der Waals surface area contributed by atoms with E-state index >= 15 is 0 Å². The first-order chi connectivity index (χ1) is 8.36. The van der Waals surface area contributed by atoms with Crippen molar-refractivity contribution in [2.75, 3.05) is 13.1 Å². The number of likely N-dealkylation sites (tertiary alicyclic amines) is 1. The van der Waals surface area contributed by atoms with Crippen LogP contribution in [-0.4, -0.2) is 35.0 Å². The second kappa shape index (κ2) is 3.49. The number of carboxylic acids is 1. The monoisotopic (exact) mass is 251 g/mol. The third-order valence-electron chi connectivity index (χ3n) is 5.37. The molecule has 2 atom stereocenters. The molecule has 0 aromatic carbocycles. The van der Waals surface area contributed by atoms with E-state index in [1.807, 2.05) is 4.90 Å². The summed E-state index contributed by atoms with van der Waals surface area (Å²) in [6, 6.07) is 0. The Morgan fingerprint density at radius 2 is 1.67 bits per heavy atom. The fraction of sp³-hybridized carbons (Fsp3) is 0.857. The van der Waals surface area contributed by atoms with Crippen molar-refractivity contribution in [1.82, 2.24) is 4.90 Å². The Morgan fingerprint density at radius 3 is 2.06 bits per heavy atom. The Morgan fingerprint density at radius 1 is 1.11 bits per heavy atom. The first kappa shape index (κ1) is 12.0. The molecule has 2 saturated carbocycles. The van der Waals surface area contributed by atoms with Gasteiger partial charge >= 0.3 is 5.97 Å². The van der Waals surface area contributed by atoms with Gasteiger partial charge in [0.2, 0.25) is 5.91 Å². The average molecular weight is 251 g/mol. The first-order valence-electron chi connectivity index (χ1n) is 6.87. The molecule has 1 spiro atoms. The van der Waals surface area contributed by atoms with Crippen LogP contribution >= 0.6 is 0 Å². The maximum Gasteiger partial charge on any atom is 0.307 e. The fourth-order valence-electron chi connectivity index (χ4n) is 3.53. The molecular formula is C14H21NO3. The van der Waals surface area contributed by atoms with E-state index in [1.54, 1.807) is 0 Å². The molecule has 3 fully saturated rings. The predicted octanol–water partition coefficient (Wildman–Crippen LogP) is 1.75. The molecule has 4 heteroatoms. The molecule has 18 heavy (non-hydrogen) atoms.